The molecule has 1 fully saturated rings. The third-order valence-electron chi connectivity index (χ3n) is 5.84. The molecule has 4 atom stereocenters. The van der Waals surface area contributed by atoms with E-state index >= 15 is 0 Å². The number of allylic oxidation sites excluding steroid dienone is 4. The van der Waals surface area contributed by atoms with Gasteiger partial charge >= 0.3 is 0 Å². The van der Waals surface area contributed by atoms with Crippen molar-refractivity contribution in [2.75, 3.05) is 0 Å². The van der Waals surface area contributed by atoms with Crippen molar-refractivity contribution in [3.05, 3.63) is 23.8 Å². The Morgan fingerprint density at radius 1 is 1.27 bits per heavy atom. The van der Waals surface area contributed by atoms with Crippen molar-refractivity contribution in [2.24, 2.45) is 28.6 Å². The lowest BCUT2D eigenvalue weighted by molar-refractivity contribution is 0.0432. The Morgan fingerprint density at radius 2 is 2.00 bits per heavy atom. The van der Waals surface area contributed by atoms with E-state index in [9.17, 15) is 0 Å². The molecule has 3 aliphatic rings. The first-order valence-electron chi connectivity index (χ1n) is 6.40. The molecule has 0 heteroatoms. The van der Waals surface area contributed by atoms with Crippen molar-refractivity contribution in [1.82, 2.24) is 0 Å². The Balaban J connectivity index is 2.20. The van der Waals surface area contributed by atoms with Crippen LogP contribution in [0.1, 0.15) is 40.5 Å². The first-order chi connectivity index (χ1) is 7.00. The molecule has 0 aromatic heterocycles. The van der Waals surface area contributed by atoms with Crippen LogP contribution in [-0.2, 0) is 0 Å². The van der Waals surface area contributed by atoms with Gasteiger partial charge in [0.15, 0.2) is 0 Å². The van der Waals surface area contributed by atoms with Gasteiger partial charge in [-0.3, -0.25) is 0 Å². The Bertz CT molecular complexity index is 358. The van der Waals surface area contributed by atoms with Gasteiger partial charge < -0.3 is 0 Å². The van der Waals surface area contributed by atoms with Gasteiger partial charge in [-0.25, -0.2) is 0 Å². The van der Waals surface area contributed by atoms with Gasteiger partial charge in [0.2, 0.25) is 0 Å². The summed E-state index contributed by atoms with van der Waals surface area (Å²) in [5.74, 6) is 2.49. The number of hydrogen-bond donors (Lipinski definition) is 0. The highest BCUT2D eigenvalue weighted by Crippen LogP contribution is 2.69. The molecule has 0 saturated heterocycles. The molecule has 3 aliphatic carbocycles. The monoisotopic (exact) mass is 202 g/mol. The van der Waals surface area contributed by atoms with Gasteiger partial charge in [-0.15, -0.1) is 0 Å². The first-order valence-corrected chi connectivity index (χ1v) is 6.40. The second-order valence-corrected chi connectivity index (χ2v) is 6.48. The summed E-state index contributed by atoms with van der Waals surface area (Å²) >= 11 is 0. The van der Waals surface area contributed by atoms with Crippen LogP contribution < -0.4 is 0 Å². The summed E-state index contributed by atoms with van der Waals surface area (Å²) in [6, 6.07) is 0. The SMILES string of the molecule is CC1C=CC2=C[C@H]3[C@@H](C)CCC13C2(C)C. The molecule has 1 spiro atoms. The van der Waals surface area contributed by atoms with E-state index in [0.29, 0.717) is 10.8 Å². The average Bonchev–Trinajstić information content (AvgIpc) is 2.53. The quantitative estimate of drug-likeness (QED) is 0.552. The van der Waals surface area contributed by atoms with E-state index in [-0.39, 0.29) is 0 Å². The minimum Gasteiger partial charge on any atom is -0.0808 e. The Kier molecular flexibility index (Phi) is 1.67. The lowest BCUT2D eigenvalue weighted by atomic mass is 9.54. The topological polar surface area (TPSA) is 0 Å². The molecular formula is C15H22. The van der Waals surface area contributed by atoms with Crippen LogP contribution in [0.3, 0.4) is 0 Å². The molecule has 82 valence electrons. The van der Waals surface area contributed by atoms with Crippen molar-refractivity contribution in [3.8, 4) is 0 Å². The zero-order chi connectivity index (χ0) is 10.8. The van der Waals surface area contributed by atoms with Crippen LogP contribution in [0.4, 0.5) is 0 Å². The van der Waals surface area contributed by atoms with Crippen LogP contribution >= 0.6 is 0 Å². The molecule has 15 heavy (non-hydrogen) atoms. The summed E-state index contributed by atoms with van der Waals surface area (Å²) in [7, 11) is 0. The maximum Gasteiger partial charge on any atom is -0.00391 e. The summed E-state index contributed by atoms with van der Waals surface area (Å²) in [5, 5.41) is 0. The summed E-state index contributed by atoms with van der Waals surface area (Å²) in [6.07, 6.45) is 10.3. The highest BCUT2D eigenvalue weighted by atomic mass is 14.7. The Morgan fingerprint density at radius 3 is 2.73 bits per heavy atom. The summed E-state index contributed by atoms with van der Waals surface area (Å²) in [6.45, 7) is 9.81. The van der Waals surface area contributed by atoms with E-state index in [4.69, 9.17) is 0 Å². The normalized spacial score (nSPS) is 50.4. The molecule has 0 aromatic rings. The molecule has 0 aromatic carbocycles. The van der Waals surface area contributed by atoms with Crippen molar-refractivity contribution in [2.45, 2.75) is 40.5 Å². The van der Waals surface area contributed by atoms with Crippen LogP contribution in [0.5, 0.6) is 0 Å². The van der Waals surface area contributed by atoms with Crippen LogP contribution in [-0.4, -0.2) is 0 Å². The highest BCUT2D eigenvalue weighted by Gasteiger charge is 2.62. The van der Waals surface area contributed by atoms with Crippen molar-refractivity contribution >= 4 is 0 Å². The van der Waals surface area contributed by atoms with Crippen molar-refractivity contribution in [1.29, 1.82) is 0 Å². The predicted octanol–water partition coefficient (Wildman–Crippen LogP) is 4.19. The number of fused-ring (bicyclic) bond motifs is 1. The van der Waals surface area contributed by atoms with E-state index in [1.807, 2.05) is 0 Å². The minimum absolute atomic E-state index is 0.413. The Labute approximate surface area is 93.5 Å². The lowest BCUT2D eigenvalue weighted by Gasteiger charge is -2.49. The molecule has 0 aliphatic heterocycles. The van der Waals surface area contributed by atoms with Gasteiger partial charge in [-0.1, -0.05) is 45.9 Å². The molecule has 0 N–H and O–H groups in total. The number of hydrogen-bond acceptors (Lipinski definition) is 0. The smallest absolute Gasteiger partial charge is 0.00391 e. The van der Waals surface area contributed by atoms with Gasteiger partial charge in [-0.05, 0) is 47.0 Å². The van der Waals surface area contributed by atoms with Crippen molar-refractivity contribution in [3.63, 3.8) is 0 Å². The van der Waals surface area contributed by atoms with E-state index < -0.39 is 0 Å². The van der Waals surface area contributed by atoms with E-state index in [0.717, 1.165) is 17.8 Å². The van der Waals surface area contributed by atoms with Crippen LogP contribution in [0.25, 0.3) is 0 Å². The van der Waals surface area contributed by atoms with Crippen LogP contribution in [0.15, 0.2) is 23.8 Å². The molecule has 0 nitrogen and oxygen atoms in total. The lowest BCUT2D eigenvalue weighted by Crippen LogP contribution is -2.43. The molecule has 2 unspecified atom stereocenters. The third kappa shape index (κ3) is 0.859. The number of rotatable bonds is 0. The largest absolute Gasteiger partial charge is 0.0808 e. The third-order valence-corrected chi connectivity index (χ3v) is 5.84. The molecule has 0 radical (unpaired) electrons. The molecule has 0 heterocycles. The molecule has 3 rings (SSSR count). The van der Waals surface area contributed by atoms with E-state index in [2.05, 4.69) is 45.9 Å². The fourth-order valence-corrected chi connectivity index (χ4v) is 4.82. The van der Waals surface area contributed by atoms with E-state index in [1.54, 1.807) is 5.57 Å². The molecule has 0 amide bonds. The minimum atomic E-state index is 0.413. The van der Waals surface area contributed by atoms with E-state index in [1.165, 1.54) is 12.8 Å². The predicted molar refractivity (Wildman–Crippen MR) is 64.5 cm³/mol. The molecular weight excluding hydrogens is 180 g/mol. The molecule has 2 bridgehead atoms. The standard InChI is InChI=1S/C15H22/c1-10-7-8-15-11(2)5-6-12(9-13(10)15)14(15,3)4/h5-6,9-11,13H,7-8H2,1-4H3/t10-,11?,13-,15?/m0/s1. The zero-order valence-electron chi connectivity index (χ0n) is 10.4. The van der Waals surface area contributed by atoms with Gasteiger partial charge in [0.25, 0.3) is 0 Å². The second kappa shape index (κ2) is 2.59. The fraction of sp³-hybridized carbons (Fsp3) is 0.733. The van der Waals surface area contributed by atoms with Gasteiger partial charge in [0.05, 0.1) is 0 Å². The maximum atomic E-state index is 2.59. The van der Waals surface area contributed by atoms with Gasteiger partial charge in [0.1, 0.15) is 0 Å². The average molecular weight is 202 g/mol. The first kappa shape index (κ1) is 9.69. The highest BCUT2D eigenvalue weighted by molar-refractivity contribution is 5.42. The van der Waals surface area contributed by atoms with Crippen LogP contribution in [0.2, 0.25) is 0 Å². The summed E-state index contributed by atoms with van der Waals surface area (Å²) < 4.78 is 0. The second-order valence-electron chi connectivity index (χ2n) is 6.48. The zero-order valence-corrected chi connectivity index (χ0v) is 10.4. The molecule has 1 saturated carbocycles. The summed E-state index contributed by atoms with van der Waals surface area (Å²) in [4.78, 5) is 0. The van der Waals surface area contributed by atoms with Crippen molar-refractivity contribution < 1.29 is 0 Å². The van der Waals surface area contributed by atoms with Gasteiger partial charge in [0, 0.05) is 0 Å². The van der Waals surface area contributed by atoms with Gasteiger partial charge in [-0.2, -0.15) is 0 Å². The van der Waals surface area contributed by atoms with Crippen LogP contribution in [0, 0.1) is 28.6 Å². The Hall–Kier alpha value is -0.520. The fourth-order valence-electron chi connectivity index (χ4n) is 4.82. The summed E-state index contributed by atoms with van der Waals surface area (Å²) in [5.41, 5.74) is 2.57. The maximum absolute atomic E-state index is 2.59.